The molecule has 3 atom stereocenters. The Hall–Kier alpha value is -4.03. The molecule has 9 heteroatoms. The maximum absolute atomic E-state index is 16.0. The largest absolute Gasteiger partial charge is 0.462 e. The highest BCUT2D eigenvalue weighted by atomic mass is 19.1. The molecule has 3 heterocycles. The third-order valence-electron chi connectivity index (χ3n) is 9.25. The fraction of sp³-hybridized carbons (Fsp3) is 0.455. The lowest BCUT2D eigenvalue weighted by atomic mass is 9.94. The number of nitriles is 1. The van der Waals surface area contributed by atoms with Gasteiger partial charge in [-0.15, -0.1) is 0 Å². The summed E-state index contributed by atoms with van der Waals surface area (Å²) < 4.78 is 22.2. The van der Waals surface area contributed by atoms with Crippen molar-refractivity contribution < 1.29 is 13.9 Å². The number of likely N-dealkylation sites (N-methyl/N-ethyl adjacent to an activating group) is 1. The second kappa shape index (κ2) is 11.7. The van der Waals surface area contributed by atoms with Gasteiger partial charge in [0.2, 0.25) is 5.91 Å². The number of fused-ring (bicyclic) bond motifs is 2. The minimum absolute atomic E-state index is 0.173. The molecular weight excluding hydrogens is 531 g/mol. The fourth-order valence-corrected chi connectivity index (χ4v) is 6.83. The molecule has 0 radical (unpaired) electrons. The van der Waals surface area contributed by atoms with Crippen LogP contribution in [0.15, 0.2) is 43.0 Å². The molecule has 42 heavy (non-hydrogen) atoms. The quantitative estimate of drug-likeness (QED) is 0.368. The highest BCUT2D eigenvalue weighted by Crippen LogP contribution is 2.41. The summed E-state index contributed by atoms with van der Waals surface area (Å²) in [5.74, 6) is 0.489. The van der Waals surface area contributed by atoms with Crippen LogP contribution in [0.3, 0.4) is 0 Å². The number of nitrogens with zero attached hydrogens (tertiary/aromatic N) is 6. The number of amides is 1. The number of carbonyl (C=O) groups is 1. The molecule has 6 rings (SSSR count). The number of aromatic nitrogens is 2. The molecule has 218 valence electrons. The van der Waals surface area contributed by atoms with E-state index in [0.717, 1.165) is 37.8 Å². The number of carbonyl (C=O) groups excluding carboxylic acids is 1. The van der Waals surface area contributed by atoms with Crippen LogP contribution in [0.5, 0.6) is 6.01 Å². The number of anilines is 1. The van der Waals surface area contributed by atoms with Crippen molar-refractivity contribution in [3.8, 4) is 23.2 Å². The van der Waals surface area contributed by atoms with Gasteiger partial charge in [-0.25, -0.2) is 4.39 Å². The Morgan fingerprint density at radius 3 is 2.81 bits per heavy atom. The number of hydrogen-bond donors (Lipinski definition) is 0. The molecule has 8 nitrogen and oxygen atoms in total. The topological polar surface area (TPSA) is 85.6 Å². The van der Waals surface area contributed by atoms with Gasteiger partial charge in [0, 0.05) is 36.6 Å². The van der Waals surface area contributed by atoms with Gasteiger partial charge in [0.1, 0.15) is 18.2 Å². The van der Waals surface area contributed by atoms with E-state index in [1.165, 1.54) is 23.3 Å². The van der Waals surface area contributed by atoms with Gasteiger partial charge < -0.3 is 19.4 Å². The van der Waals surface area contributed by atoms with Crippen molar-refractivity contribution in [3.63, 3.8) is 0 Å². The molecule has 2 aromatic carbocycles. The van der Waals surface area contributed by atoms with Gasteiger partial charge in [0.25, 0.3) is 0 Å². The lowest BCUT2D eigenvalue weighted by Gasteiger charge is -2.41. The van der Waals surface area contributed by atoms with Crippen LogP contribution in [-0.4, -0.2) is 77.6 Å². The minimum atomic E-state index is -0.339. The Labute approximate surface area is 246 Å². The normalized spacial score (nSPS) is 22.3. The number of ether oxygens (including phenoxy) is 1. The predicted molar refractivity (Wildman–Crippen MR) is 161 cm³/mol. The lowest BCUT2D eigenvalue weighted by molar-refractivity contribution is -0.128. The summed E-state index contributed by atoms with van der Waals surface area (Å²) in [6.45, 7) is 8.61. The van der Waals surface area contributed by atoms with E-state index in [0.29, 0.717) is 60.5 Å². The summed E-state index contributed by atoms with van der Waals surface area (Å²) in [4.78, 5) is 28.1. The summed E-state index contributed by atoms with van der Waals surface area (Å²) in [6, 6.07) is 11.9. The highest BCUT2D eigenvalue weighted by molar-refractivity contribution is 5.94. The maximum Gasteiger partial charge on any atom is 0.319 e. The van der Waals surface area contributed by atoms with Gasteiger partial charge in [-0.1, -0.05) is 31.7 Å². The summed E-state index contributed by atoms with van der Waals surface area (Å²) in [6.07, 6.45) is 5.63. The predicted octanol–water partition coefficient (Wildman–Crippen LogP) is 5.08. The van der Waals surface area contributed by atoms with Crippen LogP contribution in [0, 0.1) is 17.1 Å². The highest BCUT2D eigenvalue weighted by Gasteiger charge is 2.32. The molecular formula is C33H37FN6O2. The molecule has 3 aromatic rings. The van der Waals surface area contributed by atoms with Crippen molar-refractivity contribution in [1.82, 2.24) is 19.8 Å². The number of piperazine rings is 1. The van der Waals surface area contributed by atoms with Gasteiger partial charge >= 0.3 is 6.01 Å². The first kappa shape index (κ1) is 28.1. The van der Waals surface area contributed by atoms with Crippen LogP contribution in [0.4, 0.5) is 10.2 Å². The summed E-state index contributed by atoms with van der Waals surface area (Å²) in [5, 5.41) is 10.1. The van der Waals surface area contributed by atoms with E-state index in [-0.39, 0.29) is 30.2 Å². The Bertz CT molecular complexity index is 1570. The van der Waals surface area contributed by atoms with Crippen molar-refractivity contribution in [1.29, 1.82) is 5.26 Å². The first-order valence-electron chi connectivity index (χ1n) is 14.9. The first-order chi connectivity index (χ1) is 20.4. The monoisotopic (exact) mass is 568 g/mol. The standard InChI is InChI=1S/C33H37FN6O2/c1-4-31(41)40-16-15-39(19-22(40)12-13-35)32-28-17-29(34)27(25-9-5-8-24-21(2)10-11-26(24)25)18-30(28)36-33(37-32)42-20-23-7-6-14-38(23)3/h4-5,8-9,17-18,21-23H,1,6-7,10-12,14-16,19-20H2,2-3H3/t21?,22-,23-/m0/s1. The van der Waals surface area contributed by atoms with Gasteiger partial charge in [0.05, 0.1) is 24.0 Å². The molecule has 2 aliphatic heterocycles. The zero-order valence-corrected chi connectivity index (χ0v) is 24.4. The fourth-order valence-electron chi connectivity index (χ4n) is 6.83. The van der Waals surface area contributed by atoms with Crippen LogP contribution in [0.25, 0.3) is 22.0 Å². The number of benzene rings is 2. The molecule has 0 spiro atoms. The zero-order chi connectivity index (χ0) is 29.4. The van der Waals surface area contributed by atoms with Crippen LogP contribution < -0.4 is 9.64 Å². The molecule has 2 fully saturated rings. The van der Waals surface area contributed by atoms with Crippen molar-refractivity contribution >= 4 is 22.6 Å². The van der Waals surface area contributed by atoms with E-state index in [2.05, 4.69) is 37.6 Å². The molecule has 3 aliphatic rings. The van der Waals surface area contributed by atoms with Crippen LogP contribution in [-0.2, 0) is 11.2 Å². The SMILES string of the molecule is C=CC(=O)N1CCN(c2nc(OC[C@@H]3CCCN3C)nc3cc(-c4cccc5c4CCC5C)c(F)cc23)C[C@@H]1CC#N. The van der Waals surface area contributed by atoms with E-state index in [1.54, 1.807) is 4.90 Å². The molecule has 0 saturated carbocycles. The number of hydrogen-bond acceptors (Lipinski definition) is 7. The zero-order valence-electron chi connectivity index (χ0n) is 24.4. The lowest BCUT2D eigenvalue weighted by Crippen LogP contribution is -2.55. The molecule has 0 bridgehead atoms. The molecule has 1 unspecified atom stereocenters. The maximum atomic E-state index is 16.0. The van der Waals surface area contributed by atoms with Crippen LogP contribution in [0.2, 0.25) is 0 Å². The summed E-state index contributed by atoms with van der Waals surface area (Å²) in [7, 11) is 2.10. The molecule has 2 saturated heterocycles. The molecule has 1 aromatic heterocycles. The molecule has 1 aliphatic carbocycles. The third kappa shape index (κ3) is 5.20. The van der Waals surface area contributed by atoms with E-state index in [9.17, 15) is 10.1 Å². The van der Waals surface area contributed by atoms with E-state index in [4.69, 9.17) is 14.7 Å². The van der Waals surface area contributed by atoms with Crippen molar-refractivity contribution in [2.75, 3.05) is 44.7 Å². The number of likely N-dealkylation sites (tertiary alicyclic amines) is 1. The van der Waals surface area contributed by atoms with Gasteiger partial charge in [-0.2, -0.15) is 15.2 Å². The Kier molecular flexibility index (Phi) is 7.82. The number of rotatable bonds is 7. The average Bonchev–Trinajstić information content (AvgIpc) is 3.59. The van der Waals surface area contributed by atoms with E-state index >= 15 is 4.39 Å². The second-order valence-corrected chi connectivity index (χ2v) is 11.8. The van der Waals surface area contributed by atoms with Crippen molar-refractivity contribution in [2.24, 2.45) is 0 Å². The average molecular weight is 569 g/mol. The van der Waals surface area contributed by atoms with Gasteiger partial charge in [0.15, 0.2) is 0 Å². The Morgan fingerprint density at radius 2 is 2.05 bits per heavy atom. The summed E-state index contributed by atoms with van der Waals surface area (Å²) in [5.41, 5.74) is 4.55. The molecule has 0 N–H and O–H groups in total. The van der Waals surface area contributed by atoms with E-state index < -0.39 is 0 Å². The summed E-state index contributed by atoms with van der Waals surface area (Å²) >= 11 is 0. The van der Waals surface area contributed by atoms with Crippen molar-refractivity contribution in [2.45, 2.75) is 57.0 Å². The number of halogens is 1. The van der Waals surface area contributed by atoms with Crippen LogP contribution >= 0.6 is 0 Å². The smallest absolute Gasteiger partial charge is 0.319 e. The Morgan fingerprint density at radius 1 is 1.19 bits per heavy atom. The second-order valence-electron chi connectivity index (χ2n) is 11.8. The minimum Gasteiger partial charge on any atom is -0.462 e. The van der Waals surface area contributed by atoms with Crippen LogP contribution in [0.1, 0.15) is 49.7 Å². The van der Waals surface area contributed by atoms with Gasteiger partial charge in [-0.3, -0.25) is 4.79 Å². The molecule has 1 amide bonds. The first-order valence-corrected chi connectivity index (χ1v) is 14.9. The van der Waals surface area contributed by atoms with Crippen molar-refractivity contribution in [3.05, 3.63) is 59.9 Å². The Balaban J connectivity index is 1.42. The van der Waals surface area contributed by atoms with Gasteiger partial charge in [-0.05, 0) is 80.1 Å². The van der Waals surface area contributed by atoms with E-state index in [1.807, 2.05) is 23.1 Å². The third-order valence-corrected chi connectivity index (χ3v) is 9.25.